The van der Waals surface area contributed by atoms with Crippen molar-refractivity contribution in [3.8, 4) is 0 Å². The molecule has 0 saturated heterocycles. The maximum atomic E-state index is 14.0. The Morgan fingerprint density at radius 1 is 1.07 bits per heavy atom. The van der Waals surface area contributed by atoms with Crippen LogP contribution in [0.25, 0.3) is 10.8 Å². The van der Waals surface area contributed by atoms with Crippen molar-refractivity contribution in [2.45, 2.75) is 12.6 Å². The Bertz CT molecular complexity index is 500. The van der Waals surface area contributed by atoms with Crippen molar-refractivity contribution < 1.29 is 4.39 Å². The highest BCUT2D eigenvalue weighted by Crippen LogP contribution is 2.24. The van der Waals surface area contributed by atoms with E-state index in [1.165, 1.54) is 0 Å². The second kappa shape index (κ2) is 3.29. The minimum Gasteiger partial charge on any atom is -0.310 e. The maximum Gasteiger partial charge on any atom is 0.137 e. The number of halogens is 1. The summed E-state index contributed by atoms with van der Waals surface area (Å²) < 4.78 is 14.0. The number of hydrogen-bond donors (Lipinski definition) is 2. The van der Waals surface area contributed by atoms with Gasteiger partial charge in [-0.2, -0.15) is 0 Å². The Labute approximate surface area is 87.7 Å². The fourth-order valence-corrected chi connectivity index (χ4v) is 1.65. The Hall–Kier alpha value is -1.45. The number of rotatable bonds is 1. The van der Waals surface area contributed by atoms with Crippen LogP contribution in [0.4, 0.5) is 4.39 Å². The van der Waals surface area contributed by atoms with Crippen LogP contribution in [0.15, 0.2) is 36.4 Å². The van der Waals surface area contributed by atoms with Crippen molar-refractivity contribution in [3.63, 3.8) is 0 Å². The molecule has 0 aliphatic heterocycles. The molecule has 0 spiro atoms. The normalized spacial score (nSPS) is 12.0. The molecular formula is C12H13FN2. The van der Waals surface area contributed by atoms with Gasteiger partial charge in [-0.25, -0.2) is 4.39 Å². The smallest absolute Gasteiger partial charge is 0.137 e. The van der Waals surface area contributed by atoms with E-state index in [0.29, 0.717) is 10.9 Å². The lowest BCUT2D eigenvalue weighted by Gasteiger charge is -2.20. The summed E-state index contributed by atoms with van der Waals surface area (Å²) >= 11 is 0. The zero-order valence-electron chi connectivity index (χ0n) is 8.50. The molecule has 0 amide bonds. The Balaban J connectivity index is 2.76. The lowest BCUT2D eigenvalue weighted by atomic mass is 9.98. The average molecular weight is 204 g/mol. The molecule has 0 radical (unpaired) electrons. The van der Waals surface area contributed by atoms with Gasteiger partial charge in [0.25, 0.3) is 0 Å². The zero-order chi connectivity index (χ0) is 11.1. The molecule has 2 aromatic rings. The first kappa shape index (κ1) is 10.1. The molecule has 0 unspecified atom stereocenters. The third-order valence-electron chi connectivity index (χ3n) is 2.44. The maximum absolute atomic E-state index is 14.0. The van der Waals surface area contributed by atoms with Crippen molar-refractivity contribution in [1.29, 1.82) is 0 Å². The molecule has 0 atom stereocenters. The molecule has 0 aliphatic carbocycles. The second-order valence-corrected chi connectivity index (χ2v) is 3.93. The first-order chi connectivity index (χ1) is 7.00. The van der Waals surface area contributed by atoms with E-state index >= 15 is 0 Å². The van der Waals surface area contributed by atoms with Gasteiger partial charge in [-0.05, 0) is 12.3 Å². The van der Waals surface area contributed by atoms with Crippen LogP contribution in [-0.4, -0.2) is 0 Å². The van der Waals surface area contributed by atoms with Crippen molar-refractivity contribution in [1.82, 2.24) is 0 Å². The quantitative estimate of drug-likeness (QED) is 0.699. The molecular weight excluding hydrogens is 191 g/mol. The van der Waals surface area contributed by atoms with E-state index in [1.54, 1.807) is 25.1 Å². The van der Waals surface area contributed by atoms with Crippen LogP contribution >= 0.6 is 0 Å². The molecule has 0 saturated carbocycles. The third-order valence-corrected chi connectivity index (χ3v) is 2.44. The molecule has 2 aromatic carbocycles. The van der Waals surface area contributed by atoms with Gasteiger partial charge in [0.05, 0.1) is 5.66 Å². The van der Waals surface area contributed by atoms with Gasteiger partial charge in [0.15, 0.2) is 0 Å². The van der Waals surface area contributed by atoms with E-state index in [0.717, 1.165) is 5.39 Å². The predicted molar refractivity (Wildman–Crippen MR) is 59.6 cm³/mol. The lowest BCUT2D eigenvalue weighted by Crippen LogP contribution is -2.43. The number of fused-ring (bicyclic) bond motifs is 1. The van der Waals surface area contributed by atoms with Gasteiger partial charge in [-0.3, -0.25) is 0 Å². The Morgan fingerprint density at radius 3 is 2.40 bits per heavy atom. The Kier molecular flexibility index (Phi) is 2.21. The van der Waals surface area contributed by atoms with Gasteiger partial charge in [0, 0.05) is 10.9 Å². The van der Waals surface area contributed by atoms with Gasteiger partial charge in [0.2, 0.25) is 0 Å². The van der Waals surface area contributed by atoms with Gasteiger partial charge in [-0.15, -0.1) is 0 Å². The summed E-state index contributed by atoms with van der Waals surface area (Å²) in [6.07, 6.45) is 0. The Morgan fingerprint density at radius 2 is 1.73 bits per heavy atom. The first-order valence-electron chi connectivity index (χ1n) is 4.75. The second-order valence-electron chi connectivity index (χ2n) is 3.93. The summed E-state index contributed by atoms with van der Waals surface area (Å²) in [5.41, 5.74) is 10.6. The SMILES string of the molecule is CC(N)(N)c1ccc2ccccc2c1F. The summed E-state index contributed by atoms with van der Waals surface area (Å²) in [6.45, 7) is 1.58. The van der Waals surface area contributed by atoms with Crippen molar-refractivity contribution in [2.75, 3.05) is 0 Å². The van der Waals surface area contributed by atoms with E-state index in [2.05, 4.69) is 0 Å². The van der Waals surface area contributed by atoms with Crippen molar-refractivity contribution >= 4 is 10.8 Å². The van der Waals surface area contributed by atoms with E-state index in [-0.39, 0.29) is 5.82 Å². The molecule has 0 heterocycles. The average Bonchev–Trinajstić information content (AvgIpc) is 2.16. The van der Waals surface area contributed by atoms with Crippen molar-refractivity contribution in [2.24, 2.45) is 11.5 Å². The number of nitrogens with two attached hydrogens (primary N) is 2. The molecule has 0 aromatic heterocycles. The van der Waals surface area contributed by atoms with Crippen LogP contribution in [0, 0.1) is 5.82 Å². The molecule has 0 aliphatic rings. The fraction of sp³-hybridized carbons (Fsp3) is 0.167. The summed E-state index contributed by atoms with van der Waals surface area (Å²) in [6, 6.07) is 10.7. The van der Waals surface area contributed by atoms with Crippen LogP contribution in [0.2, 0.25) is 0 Å². The molecule has 15 heavy (non-hydrogen) atoms. The zero-order valence-corrected chi connectivity index (χ0v) is 8.50. The van der Waals surface area contributed by atoms with E-state index in [9.17, 15) is 4.39 Å². The lowest BCUT2D eigenvalue weighted by molar-refractivity contribution is 0.482. The highest BCUT2D eigenvalue weighted by atomic mass is 19.1. The standard InChI is InChI=1S/C12H13FN2/c1-12(14,15)10-7-6-8-4-2-3-5-9(8)11(10)13/h2-7H,14-15H2,1H3. The molecule has 0 fully saturated rings. The number of hydrogen-bond acceptors (Lipinski definition) is 2. The highest BCUT2D eigenvalue weighted by Gasteiger charge is 2.20. The molecule has 2 rings (SSSR count). The molecule has 3 heteroatoms. The third kappa shape index (κ3) is 1.71. The monoisotopic (exact) mass is 204 g/mol. The van der Waals surface area contributed by atoms with Crippen LogP contribution < -0.4 is 11.5 Å². The minimum absolute atomic E-state index is 0.333. The van der Waals surface area contributed by atoms with Crippen LogP contribution in [-0.2, 0) is 5.66 Å². The van der Waals surface area contributed by atoms with Crippen molar-refractivity contribution in [3.05, 3.63) is 47.8 Å². The summed E-state index contributed by atoms with van der Waals surface area (Å²) in [5.74, 6) is -0.333. The molecule has 2 nitrogen and oxygen atoms in total. The van der Waals surface area contributed by atoms with Gasteiger partial charge in [-0.1, -0.05) is 36.4 Å². The van der Waals surface area contributed by atoms with E-state index < -0.39 is 5.66 Å². The van der Waals surface area contributed by atoms with Crippen LogP contribution in [0.3, 0.4) is 0 Å². The predicted octanol–water partition coefficient (Wildman–Crippen LogP) is 2.07. The molecule has 4 N–H and O–H groups in total. The van der Waals surface area contributed by atoms with Gasteiger partial charge < -0.3 is 11.5 Å². The fourth-order valence-electron chi connectivity index (χ4n) is 1.65. The summed E-state index contributed by atoms with van der Waals surface area (Å²) in [7, 11) is 0. The van der Waals surface area contributed by atoms with E-state index in [4.69, 9.17) is 11.5 Å². The van der Waals surface area contributed by atoms with Crippen LogP contribution in [0.1, 0.15) is 12.5 Å². The largest absolute Gasteiger partial charge is 0.310 e. The summed E-state index contributed by atoms with van der Waals surface area (Å²) in [4.78, 5) is 0. The topological polar surface area (TPSA) is 52.0 Å². The number of benzene rings is 2. The van der Waals surface area contributed by atoms with E-state index in [1.807, 2.05) is 18.2 Å². The molecule has 0 bridgehead atoms. The van der Waals surface area contributed by atoms with Gasteiger partial charge in [0.1, 0.15) is 5.82 Å². The summed E-state index contributed by atoms with van der Waals surface area (Å²) in [5, 5.41) is 1.40. The van der Waals surface area contributed by atoms with Crippen LogP contribution in [0.5, 0.6) is 0 Å². The highest BCUT2D eigenvalue weighted by molar-refractivity contribution is 5.84. The first-order valence-corrected chi connectivity index (χ1v) is 4.75. The van der Waals surface area contributed by atoms with Gasteiger partial charge >= 0.3 is 0 Å². The molecule has 78 valence electrons. The minimum atomic E-state index is -1.14.